The van der Waals surface area contributed by atoms with Gasteiger partial charge in [0.15, 0.2) is 0 Å². The van der Waals surface area contributed by atoms with E-state index in [1.165, 1.54) is 6.07 Å². The molecule has 0 spiro atoms. The molecule has 0 aromatic heterocycles. The van der Waals surface area contributed by atoms with Crippen LogP contribution in [0.4, 0.5) is 13.2 Å². The van der Waals surface area contributed by atoms with Crippen molar-refractivity contribution in [3.8, 4) is 0 Å². The summed E-state index contributed by atoms with van der Waals surface area (Å²) >= 11 is 2.96. The van der Waals surface area contributed by atoms with E-state index in [0.29, 0.717) is 24.0 Å². The molecule has 0 saturated heterocycles. The van der Waals surface area contributed by atoms with Gasteiger partial charge in [0.25, 0.3) is 0 Å². The maximum Gasteiger partial charge on any atom is 0.417 e. The summed E-state index contributed by atoms with van der Waals surface area (Å²) in [6, 6.07) is 2.37. The number of rotatable bonds is 0. The number of aliphatic hydroxyl groups excluding tert-OH is 1. The molecule has 1 aromatic rings. The third-order valence-corrected chi connectivity index (χ3v) is 3.52. The summed E-state index contributed by atoms with van der Waals surface area (Å²) in [4.78, 5) is 0. The molecule has 1 N–H and O–H groups in total. The maximum atomic E-state index is 12.5. The van der Waals surface area contributed by atoms with E-state index in [9.17, 15) is 18.3 Å². The Kier molecular flexibility index (Phi) is 2.55. The van der Waals surface area contributed by atoms with Gasteiger partial charge in [0.1, 0.15) is 0 Å². The fourth-order valence-corrected chi connectivity index (χ4v) is 2.64. The van der Waals surface area contributed by atoms with Crippen LogP contribution in [-0.4, -0.2) is 5.11 Å². The van der Waals surface area contributed by atoms with Gasteiger partial charge in [0.05, 0.1) is 11.7 Å². The van der Waals surface area contributed by atoms with Crippen LogP contribution in [0.25, 0.3) is 0 Å². The van der Waals surface area contributed by atoms with E-state index in [1.54, 1.807) is 0 Å². The SMILES string of the molecule is O[C@H]1CCc2c1ccc(C(F)(F)F)c2Br. The zero-order valence-electron chi connectivity index (χ0n) is 7.61. The predicted molar refractivity (Wildman–Crippen MR) is 52.4 cm³/mol. The molecule has 1 nitrogen and oxygen atoms in total. The highest BCUT2D eigenvalue weighted by atomic mass is 79.9. The molecule has 0 saturated carbocycles. The smallest absolute Gasteiger partial charge is 0.388 e. The molecule has 2 rings (SSSR count). The largest absolute Gasteiger partial charge is 0.417 e. The number of aliphatic hydroxyl groups is 1. The minimum absolute atomic E-state index is 0.0732. The number of alkyl halides is 3. The Balaban J connectivity index is 2.56. The number of fused-ring (bicyclic) bond motifs is 1. The van der Waals surface area contributed by atoms with Crippen molar-refractivity contribution in [3.05, 3.63) is 33.3 Å². The number of hydrogen-bond donors (Lipinski definition) is 1. The molecule has 1 atom stereocenters. The molecule has 15 heavy (non-hydrogen) atoms. The number of halogens is 4. The molecule has 0 aliphatic heterocycles. The molecule has 1 aromatic carbocycles. The predicted octanol–water partition coefficient (Wildman–Crippen LogP) is 3.45. The second-order valence-electron chi connectivity index (χ2n) is 3.55. The normalized spacial score (nSPS) is 20.5. The first-order chi connectivity index (χ1) is 6.91. The van der Waals surface area contributed by atoms with Crippen molar-refractivity contribution >= 4 is 15.9 Å². The Morgan fingerprint density at radius 3 is 2.60 bits per heavy atom. The topological polar surface area (TPSA) is 20.2 Å². The summed E-state index contributed by atoms with van der Waals surface area (Å²) in [5, 5.41) is 9.50. The third-order valence-electron chi connectivity index (χ3n) is 2.61. The Morgan fingerprint density at radius 2 is 2.00 bits per heavy atom. The lowest BCUT2D eigenvalue weighted by atomic mass is 10.1. The average molecular weight is 281 g/mol. The van der Waals surface area contributed by atoms with E-state index in [1.807, 2.05) is 0 Å². The molecule has 1 aliphatic carbocycles. The Hall–Kier alpha value is -0.550. The lowest BCUT2D eigenvalue weighted by Crippen LogP contribution is -2.07. The first-order valence-corrected chi connectivity index (χ1v) is 5.27. The van der Waals surface area contributed by atoms with Crippen LogP contribution in [0.3, 0.4) is 0 Å². The summed E-state index contributed by atoms with van der Waals surface area (Å²) in [7, 11) is 0. The monoisotopic (exact) mass is 280 g/mol. The van der Waals surface area contributed by atoms with Crippen molar-refractivity contribution in [1.29, 1.82) is 0 Å². The van der Waals surface area contributed by atoms with Gasteiger partial charge < -0.3 is 5.11 Å². The van der Waals surface area contributed by atoms with Crippen LogP contribution >= 0.6 is 15.9 Å². The minimum Gasteiger partial charge on any atom is -0.388 e. The molecule has 0 fully saturated rings. The molecule has 0 radical (unpaired) electrons. The highest BCUT2D eigenvalue weighted by Crippen LogP contribution is 2.42. The quantitative estimate of drug-likeness (QED) is 0.772. The van der Waals surface area contributed by atoms with E-state index in [0.717, 1.165) is 6.07 Å². The van der Waals surface area contributed by atoms with Crippen LogP contribution in [-0.2, 0) is 12.6 Å². The lowest BCUT2D eigenvalue weighted by Gasteiger charge is -2.13. The van der Waals surface area contributed by atoms with Crippen LogP contribution in [0.2, 0.25) is 0 Å². The summed E-state index contributed by atoms with van der Waals surface area (Å²) in [6.45, 7) is 0. The van der Waals surface area contributed by atoms with E-state index < -0.39 is 17.8 Å². The van der Waals surface area contributed by atoms with E-state index in [4.69, 9.17) is 0 Å². The van der Waals surface area contributed by atoms with E-state index in [2.05, 4.69) is 15.9 Å². The second-order valence-corrected chi connectivity index (χ2v) is 4.34. The molecule has 0 unspecified atom stereocenters. The Bertz CT molecular complexity index is 400. The molecule has 5 heteroatoms. The fraction of sp³-hybridized carbons (Fsp3) is 0.400. The zero-order valence-corrected chi connectivity index (χ0v) is 9.19. The number of benzene rings is 1. The van der Waals surface area contributed by atoms with Crippen molar-refractivity contribution in [2.24, 2.45) is 0 Å². The summed E-state index contributed by atoms with van der Waals surface area (Å²) in [6.07, 6.45) is -3.99. The van der Waals surface area contributed by atoms with Crippen molar-refractivity contribution in [3.63, 3.8) is 0 Å². The van der Waals surface area contributed by atoms with Gasteiger partial charge in [-0.1, -0.05) is 6.07 Å². The molecule has 82 valence electrons. The van der Waals surface area contributed by atoms with Gasteiger partial charge >= 0.3 is 6.18 Å². The first-order valence-electron chi connectivity index (χ1n) is 4.48. The number of hydrogen-bond acceptors (Lipinski definition) is 1. The molecule has 1 aliphatic rings. The highest BCUT2D eigenvalue weighted by Gasteiger charge is 2.36. The first kappa shape index (κ1) is 11.0. The zero-order chi connectivity index (χ0) is 11.2. The van der Waals surface area contributed by atoms with Gasteiger partial charge in [-0.15, -0.1) is 0 Å². The van der Waals surface area contributed by atoms with Crippen LogP contribution in [0.5, 0.6) is 0 Å². The molecule has 0 amide bonds. The van der Waals surface area contributed by atoms with Gasteiger partial charge in [-0.3, -0.25) is 0 Å². The Labute approximate surface area is 93.0 Å². The lowest BCUT2D eigenvalue weighted by molar-refractivity contribution is -0.138. The van der Waals surface area contributed by atoms with Crippen LogP contribution < -0.4 is 0 Å². The standard InChI is InChI=1S/C10H8BrF3O/c11-9-6-2-4-8(15)5(6)1-3-7(9)10(12,13)14/h1,3,8,15H,2,4H2/t8-/m0/s1. The second kappa shape index (κ2) is 3.49. The summed E-state index contributed by atoms with van der Waals surface area (Å²) < 4.78 is 37.6. The van der Waals surface area contributed by atoms with Gasteiger partial charge in [-0.25, -0.2) is 0 Å². The summed E-state index contributed by atoms with van der Waals surface area (Å²) in [5.41, 5.74) is 0.516. The highest BCUT2D eigenvalue weighted by molar-refractivity contribution is 9.10. The third kappa shape index (κ3) is 1.78. The molecular formula is C10H8BrF3O. The fourth-order valence-electron chi connectivity index (χ4n) is 1.86. The van der Waals surface area contributed by atoms with Crippen molar-refractivity contribution in [2.45, 2.75) is 25.1 Å². The minimum atomic E-state index is -4.35. The van der Waals surface area contributed by atoms with Crippen molar-refractivity contribution < 1.29 is 18.3 Å². The average Bonchev–Trinajstić information content (AvgIpc) is 2.47. The van der Waals surface area contributed by atoms with E-state index >= 15 is 0 Å². The van der Waals surface area contributed by atoms with E-state index in [-0.39, 0.29) is 4.47 Å². The van der Waals surface area contributed by atoms with Crippen LogP contribution in [0.1, 0.15) is 29.2 Å². The van der Waals surface area contributed by atoms with Gasteiger partial charge in [-0.05, 0) is 46.0 Å². The van der Waals surface area contributed by atoms with Crippen LogP contribution in [0, 0.1) is 0 Å². The van der Waals surface area contributed by atoms with Gasteiger partial charge in [0, 0.05) is 4.47 Å². The molecular weight excluding hydrogens is 273 g/mol. The Morgan fingerprint density at radius 1 is 1.33 bits per heavy atom. The van der Waals surface area contributed by atoms with Crippen LogP contribution in [0.15, 0.2) is 16.6 Å². The van der Waals surface area contributed by atoms with Gasteiger partial charge in [0.2, 0.25) is 0 Å². The van der Waals surface area contributed by atoms with Crippen molar-refractivity contribution in [2.75, 3.05) is 0 Å². The molecule has 0 heterocycles. The van der Waals surface area contributed by atoms with Gasteiger partial charge in [-0.2, -0.15) is 13.2 Å². The molecule has 0 bridgehead atoms. The maximum absolute atomic E-state index is 12.5. The van der Waals surface area contributed by atoms with Crippen molar-refractivity contribution in [1.82, 2.24) is 0 Å². The summed E-state index contributed by atoms with van der Waals surface area (Å²) in [5.74, 6) is 0.